The van der Waals surface area contributed by atoms with E-state index >= 15 is 0 Å². The summed E-state index contributed by atoms with van der Waals surface area (Å²) in [6.07, 6.45) is -0.416. The van der Waals surface area contributed by atoms with Crippen molar-refractivity contribution in [1.82, 2.24) is 14.9 Å². The summed E-state index contributed by atoms with van der Waals surface area (Å²) in [6, 6.07) is 9.04. The molecular formula is C28H29F4N5O3. The van der Waals surface area contributed by atoms with Gasteiger partial charge in [0.2, 0.25) is 11.5 Å². The Morgan fingerprint density at radius 2 is 1.62 bits per heavy atom. The average molecular weight is 560 g/mol. The maximum atomic E-state index is 14.1. The first-order valence-corrected chi connectivity index (χ1v) is 13.3. The van der Waals surface area contributed by atoms with Gasteiger partial charge in [0.15, 0.2) is 5.69 Å². The molecule has 1 amide bonds. The van der Waals surface area contributed by atoms with Gasteiger partial charge in [-0.05, 0) is 49.4 Å². The van der Waals surface area contributed by atoms with Crippen molar-refractivity contribution in [2.45, 2.75) is 38.3 Å². The molecule has 1 aromatic carbocycles. The number of oxazole rings is 1. The fourth-order valence-corrected chi connectivity index (χ4v) is 5.04. The van der Waals surface area contributed by atoms with E-state index in [2.05, 4.69) is 9.97 Å². The first kappa shape index (κ1) is 27.6. The zero-order valence-electron chi connectivity index (χ0n) is 21.8. The summed E-state index contributed by atoms with van der Waals surface area (Å²) in [5.41, 5.74) is -0.836. The van der Waals surface area contributed by atoms with Crippen LogP contribution in [0.2, 0.25) is 0 Å². The van der Waals surface area contributed by atoms with Crippen LogP contribution in [-0.4, -0.2) is 65.8 Å². The lowest BCUT2D eigenvalue weighted by atomic mass is 10.1. The van der Waals surface area contributed by atoms with Crippen LogP contribution in [0, 0.1) is 5.82 Å². The van der Waals surface area contributed by atoms with E-state index in [-0.39, 0.29) is 23.9 Å². The Balaban J connectivity index is 1.24. The van der Waals surface area contributed by atoms with Crippen LogP contribution >= 0.6 is 0 Å². The smallest absolute Gasteiger partial charge is 0.420 e. The third-order valence-electron chi connectivity index (χ3n) is 7.15. The zero-order valence-corrected chi connectivity index (χ0v) is 21.8. The Morgan fingerprint density at radius 3 is 2.33 bits per heavy atom. The molecule has 212 valence electrons. The topological polar surface area (TPSA) is 82.8 Å². The van der Waals surface area contributed by atoms with Gasteiger partial charge in [0.1, 0.15) is 11.6 Å². The van der Waals surface area contributed by atoms with Crippen molar-refractivity contribution in [2.75, 3.05) is 49.1 Å². The number of ketones is 1. The fourth-order valence-electron chi connectivity index (χ4n) is 5.04. The lowest BCUT2D eigenvalue weighted by Crippen LogP contribution is -2.35. The lowest BCUT2D eigenvalue weighted by molar-refractivity contribution is -0.141. The van der Waals surface area contributed by atoms with E-state index in [1.54, 1.807) is 28.0 Å². The molecule has 3 aromatic rings. The second-order valence-electron chi connectivity index (χ2n) is 9.96. The molecule has 2 aliphatic rings. The Kier molecular flexibility index (Phi) is 8.04. The van der Waals surface area contributed by atoms with Crippen molar-refractivity contribution in [3.05, 3.63) is 71.0 Å². The standard InChI is InChI=1S/C28H29F4N5O3/c29-21-8-3-2-7-20(21)26(39)36-14-6-13-35(15-16-36)23-10-9-19(18-33-23)17-22(38)24-25(28(30,31)32)34-27(40-24)37-11-4-1-5-12-37/h2-3,7-10,18H,1,4-6,11-17H2. The highest BCUT2D eigenvalue weighted by atomic mass is 19.4. The van der Waals surface area contributed by atoms with Crippen LogP contribution < -0.4 is 9.80 Å². The number of Topliss-reactive ketones (excluding diaryl/α,β-unsaturated/α-hetero) is 1. The van der Waals surface area contributed by atoms with Gasteiger partial charge in [-0.2, -0.15) is 18.2 Å². The van der Waals surface area contributed by atoms with Crippen molar-refractivity contribution in [3.8, 4) is 0 Å². The molecular weight excluding hydrogens is 530 g/mol. The molecule has 0 spiro atoms. The molecule has 4 heterocycles. The Hall–Kier alpha value is -3.96. The zero-order chi connectivity index (χ0) is 28.3. The number of benzene rings is 1. The number of pyridine rings is 1. The molecule has 0 atom stereocenters. The Bertz CT molecular complexity index is 1350. The second kappa shape index (κ2) is 11.6. The molecule has 0 radical (unpaired) electrons. The number of nitrogens with zero attached hydrogens (tertiary/aromatic N) is 5. The van der Waals surface area contributed by atoms with E-state index in [9.17, 15) is 27.2 Å². The summed E-state index contributed by atoms with van der Waals surface area (Å²) in [5, 5.41) is 0. The minimum Gasteiger partial charge on any atom is -0.420 e. The van der Waals surface area contributed by atoms with Crippen LogP contribution in [-0.2, 0) is 12.6 Å². The SMILES string of the molecule is O=C(Cc1ccc(N2CCCN(C(=O)c3ccccc3F)CC2)nc1)c1oc(N2CCCCC2)nc1C(F)(F)F. The Morgan fingerprint density at radius 1 is 0.875 bits per heavy atom. The number of piperidine rings is 1. The number of anilines is 2. The first-order chi connectivity index (χ1) is 19.2. The largest absolute Gasteiger partial charge is 0.437 e. The van der Waals surface area contributed by atoms with Crippen LogP contribution in [0.5, 0.6) is 0 Å². The quantitative estimate of drug-likeness (QED) is 0.311. The van der Waals surface area contributed by atoms with Gasteiger partial charge in [0.05, 0.1) is 5.56 Å². The normalized spacial score (nSPS) is 16.6. The number of aromatic nitrogens is 2. The highest BCUT2D eigenvalue weighted by Crippen LogP contribution is 2.35. The van der Waals surface area contributed by atoms with Crippen LogP contribution in [0.3, 0.4) is 0 Å². The predicted octanol–water partition coefficient (Wildman–Crippen LogP) is 5.00. The molecule has 0 aliphatic carbocycles. The number of hydrogen-bond acceptors (Lipinski definition) is 7. The van der Waals surface area contributed by atoms with Crippen molar-refractivity contribution < 1.29 is 31.6 Å². The van der Waals surface area contributed by atoms with Gasteiger partial charge in [-0.15, -0.1) is 0 Å². The summed E-state index contributed by atoms with van der Waals surface area (Å²) in [6.45, 7) is 2.98. The van der Waals surface area contributed by atoms with Crippen LogP contribution in [0.4, 0.5) is 29.4 Å². The van der Waals surface area contributed by atoms with Gasteiger partial charge < -0.3 is 19.1 Å². The average Bonchev–Trinajstić information content (AvgIpc) is 3.28. The number of carbonyl (C=O) groups excluding carboxylic acids is 2. The van der Waals surface area contributed by atoms with Crippen molar-refractivity contribution in [2.24, 2.45) is 0 Å². The number of rotatable bonds is 6. The molecule has 12 heteroatoms. The van der Waals surface area contributed by atoms with E-state index in [4.69, 9.17) is 4.42 Å². The third kappa shape index (κ3) is 6.10. The fraction of sp³-hybridized carbons (Fsp3) is 0.429. The van der Waals surface area contributed by atoms with Crippen LogP contribution in [0.1, 0.15) is 57.9 Å². The van der Waals surface area contributed by atoms with Gasteiger partial charge >= 0.3 is 6.18 Å². The molecule has 2 aromatic heterocycles. The summed E-state index contributed by atoms with van der Waals surface area (Å²) in [5.74, 6) is -1.93. The van der Waals surface area contributed by atoms with Gasteiger partial charge in [-0.1, -0.05) is 18.2 Å². The molecule has 2 fully saturated rings. The first-order valence-electron chi connectivity index (χ1n) is 13.3. The van der Waals surface area contributed by atoms with Gasteiger partial charge in [0.25, 0.3) is 11.9 Å². The molecule has 0 unspecified atom stereocenters. The molecule has 2 aliphatic heterocycles. The molecule has 5 rings (SSSR count). The minimum atomic E-state index is -4.82. The van der Waals surface area contributed by atoms with Crippen LogP contribution in [0.15, 0.2) is 47.0 Å². The second-order valence-corrected chi connectivity index (χ2v) is 9.96. The maximum Gasteiger partial charge on any atom is 0.437 e. The van der Waals surface area contributed by atoms with Gasteiger partial charge in [-0.25, -0.2) is 9.37 Å². The number of halogens is 4. The number of carbonyl (C=O) groups is 2. The minimum absolute atomic E-state index is 0.0339. The van der Waals surface area contributed by atoms with Crippen molar-refractivity contribution in [3.63, 3.8) is 0 Å². The number of alkyl halides is 3. The van der Waals surface area contributed by atoms with Gasteiger partial charge in [-0.3, -0.25) is 9.59 Å². The van der Waals surface area contributed by atoms with Crippen LogP contribution in [0.25, 0.3) is 0 Å². The predicted molar refractivity (Wildman–Crippen MR) is 139 cm³/mol. The maximum absolute atomic E-state index is 14.1. The Labute approximate surface area is 228 Å². The monoisotopic (exact) mass is 559 g/mol. The van der Waals surface area contributed by atoms with E-state index in [1.807, 2.05) is 4.90 Å². The summed E-state index contributed by atoms with van der Waals surface area (Å²) >= 11 is 0. The summed E-state index contributed by atoms with van der Waals surface area (Å²) in [7, 11) is 0. The molecule has 8 nitrogen and oxygen atoms in total. The van der Waals surface area contributed by atoms with E-state index in [0.717, 1.165) is 19.3 Å². The number of hydrogen-bond donors (Lipinski definition) is 0. The highest BCUT2D eigenvalue weighted by Gasteiger charge is 2.41. The summed E-state index contributed by atoms with van der Waals surface area (Å²) in [4.78, 5) is 39.0. The summed E-state index contributed by atoms with van der Waals surface area (Å²) < 4.78 is 60.4. The molecule has 2 saturated heterocycles. The lowest BCUT2D eigenvalue weighted by Gasteiger charge is -2.24. The number of amides is 1. The van der Waals surface area contributed by atoms with E-state index in [0.29, 0.717) is 57.1 Å². The third-order valence-corrected chi connectivity index (χ3v) is 7.15. The molecule has 40 heavy (non-hydrogen) atoms. The molecule has 0 saturated carbocycles. The molecule has 0 bridgehead atoms. The highest BCUT2D eigenvalue weighted by molar-refractivity contribution is 5.96. The molecule has 0 N–H and O–H groups in total. The van der Waals surface area contributed by atoms with Crippen molar-refractivity contribution >= 4 is 23.5 Å². The van der Waals surface area contributed by atoms with Crippen molar-refractivity contribution in [1.29, 1.82) is 0 Å². The van der Waals surface area contributed by atoms with E-state index in [1.165, 1.54) is 24.4 Å². The van der Waals surface area contributed by atoms with E-state index < -0.39 is 29.2 Å². The van der Waals surface area contributed by atoms with Gasteiger partial charge in [0, 0.05) is 51.9 Å².